The molecule has 8 heteroatoms. The van der Waals surface area contributed by atoms with Crippen LogP contribution in [0.5, 0.6) is 11.8 Å². The van der Waals surface area contributed by atoms with Gasteiger partial charge < -0.3 is 29.9 Å². The van der Waals surface area contributed by atoms with Gasteiger partial charge in [0, 0.05) is 55.1 Å². The number of nitrogens with zero attached hydrogens (tertiary/aromatic N) is 5. The van der Waals surface area contributed by atoms with Gasteiger partial charge in [-0.3, -0.25) is 0 Å². The standard InChI is InChI=1S/C27H38N6O2/c1-3-18-6-9-22(34)13-25(18)32-12-10-23-24(16-32)29-27(35-17-21-5-4-11-31(21)2)30-26(23)33-14-19-7-8-20(15-33)28-19/h6,9,13,19-21,28,34H,3-5,7-8,10-12,14-17H2,1-2H3/t19?,20?,21-/m0/s1. The number of rotatable bonds is 6. The first-order valence-corrected chi connectivity index (χ1v) is 13.4. The maximum Gasteiger partial charge on any atom is 0.318 e. The van der Waals surface area contributed by atoms with Crippen molar-refractivity contribution in [1.29, 1.82) is 0 Å². The molecule has 2 N–H and O–H groups in total. The molecule has 3 atom stereocenters. The smallest absolute Gasteiger partial charge is 0.318 e. The van der Waals surface area contributed by atoms with Crippen LogP contribution in [0, 0.1) is 0 Å². The third kappa shape index (κ3) is 4.54. The van der Waals surface area contributed by atoms with E-state index >= 15 is 0 Å². The molecule has 0 aliphatic carbocycles. The number of hydrogen-bond acceptors (Lipinski definition) is 8. The molecule has 188 valence electrons. The second kappa shape index (κ2) is 9.47. The van der Waals surface area contributed by atoms with Crippen molar-refractivity contribution < 1.29 is 9.84 Å². The lowest BCUT2D eigenvalue weighted by Crippen LogP contribution is -2.52. The van der Waals surface area contributed by atoms with Gasteiger partial charge in [0.2, 0.25) is 0 Å². The highest BCUT2D eigenvalue weighted by Crippen LogP contribution is 2.35. The molecule has 3 fully saturated rings. The average Bonchev–Trinajstić information content (AvgIpc) is 3.44. The molecule has 1 aromatic heterocycles. The number of phenolic OH excluding ortho intramolecular Hbond substituents is 1. The van der Waals surface area contributed by atoms with Crippen LogP contribution in [-0.2, 0) is 19.4 Å². The lowest BCUT2D eigenvalue weighted by atomic mass is 10.0. The number of aromatic nitrogens is 2. The number of nitrogens with one attached hydrogen (secondary N) is 1. The van der Waals surface area contributed by atoms with Gasteiger partial charge >= 0.3 is 6.01 Å². The lowest BCUT2D eigenvalue weighted by Gasteiger charge is -2.37. The Labute approximate surface area is 208 Å². The van der Waals surface area contributed by atoms with Crippen molar-refractivity contribution in [3.8, 4) is 11.8 Å². The molecule has 1 aromatic carbocycles. The van der Waals surface area contributed by atoms with Crippen molar-refractivity contribution in [2.24, 2.45) is 0 Å². The summed E-state index contributed by atoms with van der Waals surface area (Å²) < 4.78 is 6.27. The van der Waals surface area contributed by atoms with Crippen LogP contribution in [0.15, 0.2) is 18.2 Å². The maximum absolute atomic E-state index is 10.2. The first-order chi connectivity index (χ1) is 17.1. The largest absolute Gasteiger partial charge is 0.508 e. The fraction of sp³-hybridized carbons (Fsp3) is 0.630. The van der Waals surface area contributed by atoms with Crippen molar-refractivity contribution in [2.45, 2.75) is 70.1 Å². The Balaban J connectivity index is 1.31. The highest BCUT2D eigenvalue weighted by atomic mass is 16.5. The van der Waals surface area contributed by atoms with Crippen LogP contribution in [-0.4, -0.2) is 77.9 Å². The molecule has 0 radical (unpaired) electrons. The molecule has 35 heavy (non-hydrogen) atoms. The number of aromatic hydroxyl groups is 1. The van der Waals surface area contributed by atoms with E-state index in [1.54, 1.807) is 6.07 Å². The van der Waals surface area contributed by atoms with Crippen molar-refractivity contribution >= 4 is 11.5 Å². The first kappa shape index (κ1) is 22.9. The third-order valence-electron chi connectivity index (χ3n) is 8.41. The first-order valence-electron chi connectivity index (χ1n) is 13.4. The molecule has 4 aliphatic heterocycles. The third-order valence-corrected chi connectivity index (χ3v) is 8.41. The van der Waals surface area contributed by atoms with E-state index in [1.165, 1.54) is 36.8 Å². The van der Waals surface area contributed by atoms with Crippen molar-refractivity contribution in [1.82, 2.24) is 20.2 Å². The van der Waals surface area contributed by atoms with Gasteiger partial charge in [0.1, 0.15) is 18.2 Å². The van der Waals surface area contributed by atoms with Crippen molar-refractivity contribution in [2.75, 3.05) is 49.6 Å². The number of hydrogen-bond donors (Lipinski definition) is 2. The molecule has 0 amide bonds. The predicted octanol–water partition coefficient (Wildman–Crippen LogP) is 2.72. The lowest BCUT2D eigenvalue weighted by molar-refractivity contribution is 0.187. The van der Waals surface area contributed by atoms with Crippen LogP contribution in [0.25, 0.3) is 0 Å². The second-order valence-electron chi connectivity index (χ2n) is 10.7. The topological polar surface area (TPSA) is 77.0 Å². The summed E-state index contributed by atoms with van der Waals surface area (Å²) in [5.74, 6) is 1.39. The number of fused-ring (bicyclic) bond motifs is 3. The Bertz CT molecular complexity index is 1070. The van der Waals surface area contributed by atoms with Crippen molar-refractivity contribution in [3.63, 3.8) is 0 Å². The summed E-state index contributed by atoms with van der Waals surface area (Å²) in [4.78, 5) is 17.2. The fourth-order valence-corrected chi connectivity index (χ4v) is 6.40. The van der Waals surface area contributed by atoms with Crippen LogP contribution in [0.3, 0.4) is 0 Å². The maximum atomic E-state index is 10.2. The zero-order valence-corrected chi connectivity index (χ0v) is 21.0. The Hall–Kier alpha value is -2.58. The molecule has 0 spiro atoms. The minimum atomic E-state index is 0.312. The highest BCUT2D eigenvalue weighted by molar-refractivity contribution is 5.60. The molecule has 5 heterocycles. The molecule has 6 rings (SSSR count). The van der Waals surface area contributed by atoms with E-state index in [1.807, 2.05) is 12.1 Å². The van der Waals surface area contributed by atoms with Crippen LogP contribution in [0.1, 0.15) is 49.4 Å². The number of likely N-dealkylation sites (N-methyl/N-ethyl adjacent to an activating group) is 1. The minimum absolute atomic E-state index is 0.312. The predicted molar refractivity (Wildman–Crippen MR) is 138 cm³/mol. The Morgan fingerprint density at radius 3 is 2.66 bits per heavy atom. The second-order valence-corrected chi connectivity index (χ2v) is 10.7. The number of ether oxygens (including phenoxy) is 1. The normalized spacial score (nSPS) is 26.3. The fourth-order valence-electron chi connectivity index (χ4n) is 6.40. The van der Waals surface area contributed by atoms with Crippen molar-refractivity contribution in [3.05, 3.63) is 35.0 Å². The number of aryl methyl sites for hydroxylation is 1. The summed E-state index contributed by atoms with van der Waals surface area (Å²) in [6.07, 6.45) is 6.71. The molecule has 0 saturated carbocycles. The van der Waals surface area contributed by atoms with E-state index in [-0.39, 0.29) is 0 Å². The molecular formula is C27H38N6O2. The molecular weight excluding hydrogens is 440 g/mol. The van der Waals surface area contributed by atoms with E-state index < -0.39 is 0 Å². The van der Waals surface area contributed by atoms with Gasteiger partial charge in [-0.1, -0.05) is 13.0 Å². The summed E-state index contributed by atoms with van der Waals surface area (Å²) in [7, 11) is 2.18. The minimum Gasteiger partial charge on any atom is -0.508 e. The van der Waals surface area contributed by atoms with Gasteiger partial charge in [-0.25, -0.2) is 0 Å². The Morgan fingerprint density at radius 2 is 1.91 bits per heavy atom. The molecule has 2 aromatic rings. The van der Waals surface area contributed by atoms with Crippen LogP contribution >= 0.6 is 0 Å². The zero-order chi connectivity index (χ0) is 23.9. The SMILES string of the molecule is CCc1ccc(O)cc1N1CCc2c(nc(OC[C@@H]3CCCN3C)nc2N2CC3CCC(C2)N3)C1. The summed E-state index contributed by atoms with van der Waals surface area (Å²) in [6.45, 7) is 7.54. The Kier molecular flexibility index (Phi) is 6.18. The monoisotopic (exact) mass is 478 g/mol. The quantitative estimate of drug-likeness (QED) is 0.657. The van der Waals surface area contributed by atoms with Crippen LogP contribution in [0.4, 0.5) is 11.5 Å². The molecule has 2 bridgehead atoms. The number of phenols is 1. The molecule has 4 aliphatic rings. The zero-order valence-electron chi connectivity index (χ0n) is 21.0. The van der Waals surface area contributed by atoms with E-state index in [4.69, 9.17) is 14.7 Å². The number of benzene rings is 1. The Morgan fingerprint density at radius 1 is 1.09 bits per heavy atom. The number of likely N-dealkylation sites (tertiary alicyclic amines) is 1. The van der Waals surface area contributed by atoms with Crippen LogP contribution in [0.2, 0.25) is 0 Å². The van der Waals surface area contributed by atoms with E-state index in [2.05, 4.69) is 34.0 Å². The van der Waals surface area contributed by atoms with Gasteiger partial charge in [-0.15, -0.1) is 0 Å². The van der Waals surface area contributed by atoms with E-state index in [9.17, 15) is 5.11 Å². The van der Waals surface area contributed by atoms with Gasteiger partial charge in [-0.05, 0) is 63.7 Å². The molecule has 2 unspecified atom stereocenters. The average molecular weight is 479 g/mol. The van der Waals surface area contributed by atoms with Crippen LogP contribution < -0.4 is 19.9 Å². The van der Waals surface area contributed by atoms with Gasteiger partial charge in [0.15, 0.2) is 0 Å². The number of anilines is 2. The highest BCUT2D eigenvalue weighted by Gasteiger charge is 2.35. The molecule has 8 nitrogen and oxygen atoms in total. The summed E-state index contributed by atoms with van der Waals surface area (Å²) in [5.41, 5.74) is 4.69. The summed E-state index contributed by atoms with van der Waals surface area (Å²) in [6, 6.07) is 7.76. The molecule has 3 saturated heterocycles. The number of piperazine rings is 1. The van der Waals surface area contributed by atoms with E-state index in [0.29, 0.717) is 43.0 Å². The van der Waals surface area contributed by atoms with Gasteiger partial charge in [-0.2, -0.15) is 9.97 Å². The summed E-state index contributed by atoms with van der Waals surface area (Å²) >= 11 is 0. The summed E-state index contributed by atoms with van der Waals surface area (Å²) in [5, 5.41) is 13.9. The van der Waals surface area contributed by atoms with Gasteiger partial charge in [0.05, 0.1) is 12.2 Å². The van der Waals surface area contributed by atoms with E-state index in [0.717, 1.165) is 56.2 Å². The van der Waals surface area contributed by atoms with Gasteiger partial charge in [0.25, 0.3) is 0 Å².